The summed E-state index contributed by atoms with van der Waals surface area (Å²) >= 11 is 4.92. The fraction of sp³-hybridized carbons (Fsp3) is 0. The molecule has 0 saturated heterocycles. The molecule has 0 atom stereocenters. The smallest absolute Gasteiger partial charge is 0.156 e. The van der Waals surface area contributed by atoms with Gasteiger partial charge in [-0.15, -0.1) is 0 Å². The predicted octanol–water partition coefficient (Wildman–Crippen LogP) is 2.59. The second-order valence-electron chi connectivity index (χ2n) is 1.43. The van der Waals surface area contributed by atoms with Gasteiger partial charge in [-0.1, -0.05) is 0 Å². The van der Waals surface area contributed by atoms with Gasteiger partial charge >= 0.3 is 0 Å². The highest BCUT2D eigenvalue weighted by Crippen LogP contribution is 2.13. The second kappa shape index (κ2) is 2.92. The third-order valence-corrected chi connectivity index (χ3v) is 1.99. The molecule has 0 aliphatic carbocycles. The van der Waals surface area contributed by atoms with Gasteiger partial charge in [0.15, 0.2) is 5.82 Å². The zero-order valence-corrected chi connectivity index (χ0v) is 7.98. The van der Waals surface area contributed by atoms with E-state index in [9.17, 15) is 4.39 Å². The van der Waals surface area contributed by atoms with Crippen LogP contribution in [0.5, 0.6) is 0 Å². The average Bonchev–Trinajstić information content (AvgIpc) is 1.80. The summed E-state index contributed by atoms with van der Waals surface area (Å²) in [5.41, 5.74) is 0. The van der Waals surface area contributed by atoms with Crippen LogP contribution < -0.4 is 0 Å². The van der Waals surface area contributed by atoms with E-state index < -0.39 is 0 Å². The molecule has 0 fully saturated rings. The highest BCUT2D eigenvalue weighted by molar-refractivity contribution is 14.1. The highest BCUT2D eigenvalue weighted by Gasteiger charge is 1.97. The van der Waals surface area contributed by atoms with Crippen molar-refractivity contribution < 1.29 is 4.39 Å². The monoisotopic (exact) mass is 301 g/mol. The van der Waals surface area contributed by atoms with E-state index in [1.54, 1.807) is 6.20 Å². The Balaban J connectivity index is 3.17. The molecule has 0 radical (unpaired) electrons. The van der Waals surface area contributed by atoms with Crippen LogP contribution in [0, 0.1) is 9.52 Å². The lowest BCUT2D eigenvalue weighted by Gasteiger charge is -1.91. The lowest BCUT2D eigenvalue weighted by molar-refractivity contribution is 0.611. The molecule has 0 aliphatic heterocycles. The zero-order chi connectivity index (χ0) is 6.85. The largest absolute Gasteiger partial charge is 0.246 e. The number of halogens is 3. The van der Waals surface area contributed by atoms with Crippen LogP contribution in [0.2, 0.25) is 0 Å². The van der Waals surface area contributed by atoms with Crippen molar-refractivity contribution in [2.75, 3.05) is 0 Å². The molecule has 9 heavy (non-hydrogen) atoms. The van der Waals surface area contributed by atoms with E-state index in [1.165, 1.54) is 6.07 Å². The van der Waals surface area contributed by atoms with Crippen LogP contribution in [-0.2, 0) is 0 Å². The van der Waals surface area contributed by atoms with Gasteiger partial charge in [-0.2, -0.15) is 0 Å². The molecule has 1 heterocycles. The van der Waals surface area contributed by atoms with Crippen LogP contribution >= 0.6 is 38.5 Å². The van der Waals surface area contributed by atoms with Gasteiger partial charge in [0.05, 0.1) is 0 Å². The summed E-state index contributed by atoms with van der Waals surface area (Å²) < 4.78 is 13.5. The second-order valence-corrected chi connectivity index (χ2v) is 3.36. The van der Waals surface area contributed by atoms with Crippen molar-refractivity contribution in [2.24, 2.45) is 0 Å². The number of hydrogen-bond acceptors (Lipinski definition) is 1. The SMILES string of the molecule is Fc1cc(Br)cnc1I. The highest BCUT2D eigenvalue weighted by atomic mass is 127. The minimum Gasteiger partial charge on any atom is -0.246 e. The van der Waals surface area contributed by atoms with E-state index >= 15 is 0 Å². The van der Waals surface area contributed by atoms with Gasteiger partial charge in [-0.3, -0.25) is 0 Å². The Hall–Kier alpha value is 0.290. The molecule has 0 amide bonds. The molecule has 0 spiro atoms. The number of nitrogens with zero attached hydrogens (tertiary/aromatic N) is 1. The first-order chi connectivity index (χ1) is 4.20. The first kappa shape index (κ1) is 7.40. The minimum atomic E-state index is -0.287. The Labute approximate surface area is 73.9 Å². The molecular formula is C5H2BrFIN. The van der Waals surface area contributed by atoms with Crippen molar-refractivity contribution in [1.29, 1.82) is 0 Å². The number of aromatic nitrogens is 1. The van der Waals surface area contributed by atoms with Crippen LogP contribution in [0.4, 0.5) is 4.39 Å². The minimum absolute atomic E-state index is 0.287. The molecule has 0 bridgehead atoms. The van der Waals surface area contributed by atoms with Gasteiger partial charge < -0.3 is 0 Å². The maximum absolute atomic E-state index is 12.5. The summed E-state index contributed by atoms with van der Waals surface area (Å²) in [5, 5.41) is 0. The molecule has 0 aromatic carbocycles. The summed E-state index contributed by atoms with van der Waals surface area (Å²) in [6.07, 6.45) is 1.56. The third-order valence-electron chi connectivity index (χ3n) is 0.763. The molecule has 1 aromatic heterocycles. The molecule has 48 valence electrons. The molecule has 1 rings (SSSR count). The lowest BCUT2D eigenvalue weighted by Crippen LogP contribution is -1.84. The Morgan fingerprint density at radius 2 is 2.33 bits per heavy atom. The Kier molecular flexibility index (Phi) is 2.40. The summed E-state index contributed by atoms with van der Waals surface area (Å²) in [4.78, 5) is 3.74. The van der Waals surface area contributed by atoms with Crippen LogP contribution in [0.15, 0.2) is 16.7 Å². The van der Waals surface area contributed by atoms with Crippen molar-refractivity contribution in [3.63, 3.8) is 0 Å². The summed E-state index contributed by atoms with van der Waals surface area (Å²) in [6, 6.07) is 1.38. The summed E-state index contributed by atoms with van der Waals surface area (Å²) in [6.45, 7) is 0. The lowest BCUT2D eigenvalue weighted by atomic mass is 10.5. The fourth-order valence-corrected chi connectivity index (χ4v) is 0.996. The van der Waals surface area contributed by atoms with E-state index in [1.807, 2.05) is 22.6 Å². The Morgan fingerprint density at radius 1 is 1.67 bits per heavy atom. The topological polar surface area (TPSA) is 12.9 Å². The maximum atomic E-state index is 12.5. The van der Waals surface area contributed by atoms with E-state index in [4.69, 9.17) is 0 Å². The maximum Gasteiger partial charge on any atom is 0.156 e. The molecule has 0 aliphatic rings. The van der Waals surface area contributed by atoms with Crippen LogP contribution in [0.1, 0.15) is 0 Å². The Morgan fingerprint density at radius 3 is 2.78 bits per heavy atom. The van der Waals surface area contributed by atoms with Crippen molar-refractivity contribution in [2.45, 2.75) is 0 Å². The Bertz CT molecular complexity index is 228. The van der Waals surface area contributed by atoms with Gasteiger partial charge in [0.1, 0.15) is 3.70 Å². The van der Waals surface area contributed by atoms with Crippen LogP contribution in [0.25, 0.3) is 0 Å². The molecule has 1 nitrogen and oxygen atoms in total. The number of pyridine rings is 1. The average molecular weight is 302 g/mol. The van der Waals surface area contributed by atoms with Gasteiger partial charge in [-0.25, -0.2) is 9.37 Å². The van der Waals surface area contributed by atoms with Crippen LogP contribution in [-0.4, -0.2) is 4.98 Å². The van der Waals surface area contributed by atoms with Gasteiger partial charge in [0.2, 0.25) is 0 Å². The van der Waals surface area contributed by atoms with Crippen molar-refractivity contribution in [1.82, 2.24) is 4.98 Å². The third kappa shape index (κ3) is 1.86. The predicted molar refractivity (Wildman–Crippen MR) is 44.6 cm³/mol. The van der Waals surface area contributed by atoms with Crippen LogP contribution in [0.3, 0.4) is 0 Å². The number of hydrogen-bond donors (Lipinski definition) is 0. The molecular weight excluding hydrogens is 300 g/mol. The molecule has 1 aromatic rings. The van der Waals surface area contributed by atoms with Crippen molar-refractivity contribution in [3.8, 4) is 0 Å². The molecule has 0 unspecified atom stereocenters. The summed E-state index contributed by atoms with van der Waals surface area (Å²) in [7, 11) is 0. The van der Waals surface area contributed by atoms with E-state index in [0.29, 0.717) is 8.17 Å². The quantitative estimate of drug-likeness (QED) is 0.530. The van der Waals surface area contributed by atoms with E-state index in [0.717, 1.165) is 0 Å². The van der Waals surface area contributed by atoms with Crippen molar-refractivity contribution >= 4 is 38.5 Å². The fourth-order valence-electron chi connectivity index (χ4n) is 0.398. The normalized spacial score (nSPS) is 9.67. The number of rotatable bonds is 0. The summed E-state index contributed by atoms with van der Waals surface area (Å²) in [5.74, 6) is -0.287. The zero-order valence-electron chi connectivity index (χ0n) is 4.24. The van der Waals surface area contributed by atoms with Crippen molar-refractivity contribution in [3.05, 3.63) is 26.3 Å². The molecule has 0 saturated carbocycles. The first-order valence-corrected chi connectivity index (χ1v) is 4.04. The first-order valence-electron chi connectivity index (χ1n) is 2.16. The van der Waals surface area contributed by atoms with E-state index in [2.05, 4.69) is 20.9 Å². The molecule has 4 heteroatoms. The standard InChI is InChI=1S/C5H2BrFIN/c6-3-1-4(7)5(8)9-2-3/h1-2H. The van der Waals surface area contributed by atoms with Gasteiger partial charge in [-0.05, 0) is 44.6 Å². The van der Waals surface area contributed by atoms with Gasteiger partial charge in [0, 0.05) is 10.7 Å². The van der Waals surface area contributed by atoms with Gasteiger partial charge in [0.25, 0.3) is 0 Å². The van der Waals surface area contributed by atoms with E-state index in [-0.39, 0.29) is 5.82 Å². The molecule has 0 N–H and O–H groups in total.